The van der Waals surface area contributed by atoms with Gasteiger partial charge in [0.25, 0.3) is 0 Å². The van der Waals surface area contributed by atoms with Gasteiger partial charge in [0.1, 0.15) is 5.75 Å². The molecule has 8 nitrogen and oxygen atoms in total. The molecule has 0 saturated heterocycles. The summed E-state index contributed by atoms with van der Waals surface area (Å²) in [5.41, 5.74) is 0.428. The number of likely N-dealkylation sites (N-methyl/N-ethyl adjacent to an activating group) is 1. The Morgan fingerprint density at radius 2 is 1.96 bits per heavy atom. The van der Waals surface area contributed by atoms with Crippen LogP contribution >= 0.6 is 16.9 Å². The highest BCUT2D eigenvalue weighted by Gasteiger charge is 2.14. The van der Waals surface area contributed by atoms with Crippen LogP contribution < -0.4 is 5.32 Å². The predicted molar refractivity (Wildman–Crippen MR) is 92.2 cm³/mol. The molecule has 136 valence electrons. The Bertz CT molecular complexity index is 632. The molecule has 3 N–H and O–H groups in total. The summed E-state index contributed by atoms with van der Waals surface area (Å²) in [5, 5.41) is 21.2. The van der Waals surface area contributed by atoms with Gasteiger partial charge in [0.2, 0.25) is 5.91 Å². The van der Waals surface area contributed by atoms with Crippen molar-refractivity contribution in [2.75, 3.05) is 13.1 Å². The summed E-state index contributed by atoms with van der Waals surface area (Å²) in [6.07, 6.45) is 0.487. The van der Waals surface area contributed by atoms with Gasteiger partial charge in [-0.2, -0.15) is 0 Å². The van der Waals surface area contributed by atoms with E-state index in [2.05, 4.69) is 5.32 Å². The monoisotopic (exact) mass is 386 g/mol. The second kappa shape index (κ2) is 10.9. The van der Waals surface area contributed by atoms with Gasteiger partial charge in [0.05, 0.1) is 6.54 Å². The Kier molecular flexibility index (Phi) is 9.21. The van der Waals surface area contributed by atoms with Gasteiger partial charge in [-0.1, -0.05) is 19.1 Å². The lowest BCUT2D eigenvalue weighted by molar-refractivity contribution is -0.138. The number of carbonyl (C=O) groups excluding carboxylic acids is 1. The molecule has 10 heteroatoms. The van der Waals surface area contributed by atoms with E-state index in [1.807, 2.05) is 6.92 Å². The highest BCUT2D eigenvalue weighted by molar-refractivity contribution is 7.44. The number of carboxylic acids is 1. The van der Waals surface area contributed by atoms with Crippen molar-refractivity contribution in [1.29, 1.82) is 0 Å². The quantitative estimate of drug-likeness (QED) is 0.498. The zero-order chi connectivity index (χ0) is 18.8. The number of carbonyl (C=O) groups is 2. The van der Waals surface area contributed by atoms with Crippen molar-refractivity contribution in [1.82, 2.24) is 10.2 Å². The summed E-state index contributed by atoms with van der Waals surface area (Å²) < 4.78 is 21.3. The Morgan fingerprint density at radius 3 is 2.52 bits per heavy atom. The molecule has 1 amide bonds. The molecular weight excluding hydrogens is 366 g/mol. The van der Waals surface area contributed by atoms with Crippen LogP contribution in [0.4, 0.5) is 0 Å². The van der Waals surface area contributed by atoms with Crippen LogP contribution in [-0.4, -0.2) is 45.6 Å². The topological polar surface area (TPSA) is 124 Å². The van der Waals surface area contributed by atoms with Crippen LogP contribution in [0.5, 0.6) is 5.75 Å². The maximum absolute atomic E-state index is 11.7. The summed E-state index contributed by atoms with van der Waals surface area (Å²) in [7, 11) is -0.845. The first kappa shape index (κ1) is 21.2. The van der Waals surface area contributed by atoms with E-state index < -0.39 is 28.4 Å². The van der Waals surface area contributed by atoms with E-state index >= 15 is 0 Å². The lowest BCUT2D eigenvalue weighted by atomic mass is 10.0. The average molecular weight is 386 g/mol. The number of phenolic OH excluding ortho intramolecular Hbond substituents is 1. The van der Waals surface area contributed by atoms with E-state index in [1.54, 1.807) is 17.0 Å². The van der Waals surface area contributed by atoms with Gasteiger partial charge in [-0.05, 0) is 24.6 Å². The number of phenols is 1. The Morgan fingerprint density at radius 1 is 1.28 bits per heavy atom. The molecule has 0 atom stereocenters. The maximum Gasteiger partial charge on any atom is 0.317 e. The molecule has 0 spiro atoms. The smallest absolute Gasteiger partial charge is 0.317 e. The summed E-state index contributed by atoms with van der Waals surface area (Å²) in [6.45, 7) is 2.49. The Balaban J connectivity index is 2.70. The third-order valence-electron chi connectivity index (χ3n) is 3.47. The van der Waals surface area contributed by atoms with Crippen LogP contribution in [0.15, 0.2) is 18.2 Å². The number of hydrogen-bond acceptors (Lipinski definition) is 6. The van der Waals surface area contributed by atoms with Gasteiger partial charge >= 0.3 is 5.97 Å². The van der Waals surface area contributed by atoms with Gasteiger partial charge in [0, 0.05) is 18.5 Å². The standard InChI is InChI=1S/C15H20N2O6P2/c1-2-17(9-14(20)21)8-11-7-10(3-5-12(11)18)4-6-13(19)16-15(24-22)25-23/h3,5,7,15,18H,2,4,6,8-9H2,1H3,(H,16,19)(H,20,21). The zero-order valence-corrected chi connectivity index (χ0v) is 15.5. The van der Waals surface area contributed by atoms with Gasteiger partial charge < -0.3 is 15.5 Å². The lowest BCUT2D eigenvalue weighted by Crippen LogP contribution is -2.29. The first-order valence-electron chi connectivity index (χ1n) is 7.58. The van der Waals surface area contributed by atoms with E-state index in [0.717, 1.165) is 5.56 Å². The lowest BCUT2D eigenvalue weighted by Gasteiger charge is -2.19. The number of rotatable bonds is 11. The molecular formula is C15H20N2O6P2. The molecule has 0 aliphatic rings. The minimum Gasteiger partial charge on any atom is -0.508 e. The normalized spacial score (nSPS) is 12.4. The molecule has 0 bridgehead atoms. The van der Waals surface area contributed by atoms with E-state index in [0.29, 0.717) is 18.5 Å². The number of aryl methyl sites for hydroxylation is 1. The molecule has 0 radical (unpaired) electrons. The molecule has 0 heterocycles. The van der Waals surface area contributed by atoms with Crippen LogP contribution in [0.2, 0.25) is 0 Å². The molecule has 0 fully saturated rings. The summed E-state index contributed by atoms with van der Waals surface area (Å²) in [5.74, 6) is -1.26. The molecule has 25 heavy (non-hydrogen) atoms. The third kappa shape index (κ3) is 7.69. The fourth-order valence-electron chi connectivity index (χ4n) is 2.18. The summed E-state index contributed by atoms with van der Waals surface area (Å²) >= 11 is 0. The van der Waals surface area contributed by atoms with E-state index in [4.69, 9.17) is 5.11 Å². The van der Waals surface area contributed by atoms with Crippen molar-refractivity contribution in [2.45, 2.75) is 31.8 Å². The highest BCUT2D eigenvalue weighted by atomic mass is 31.1. The van der Waals surface area contributed by atoms with Crippen molar-refractivity contribution in [3.8, 4) is 5.75 Å². The molecule has 0 saturated carbocycles. The van der Waals surface area contributed by atoms with E-state index in [1.165, 1.54) is 6.07 Å². The van der Waals surface area contributed by atoms with Crippen molar-refractivity contribution in [3.63, 3.8) is 0 Å². The van der Waals surface area contributed by atoms with Gasteiger partial charge in [-0.3, -0.25) is 23.6 Å². The van der Waals surface area contributed by atoms with Crippen molar-refractivity contribution in [3.05, 3.63) is 29.3 Å². The largest absolute Gasteiger partial charge is 0.508 e. The Hall–Kier alpha value is -1.88. The van der Waals surface area contributed by atoms with Crippen LogP contribution in [0.25, 0.3) is 0 Å². The summed E-state index contributed by atoms with van der Waals surface area (Å²) in [4.78, 5) is 24.2. The van der Waals surface area contributed by atoms with Crippen LogP contribution in [-0.2, 0) is 31.7 Å². The van der Waals surface area contributed by atoms with Gasteiger partial charge in [-0.25, -0.2) is 0 Å². The molecule has 0 aliphatic heterocycles. The first-order valence-corrected chi connectivity index (χ1v) is 9.35. The van der Waals surface area contributed by atoms with Crippen LogP contribution in [0.3, 0.4) is 0 Å². The minimum absolute atomic E-state index is 0.0624. The second-order valence-electron chi connectivity index (χ2n) is 5.31. The van der Waals surface area contributed by atoms with E-state index in [-0.39, 0.29) is 31.2 Å². The van der Waals surface area contributed by atoms with Gasteiger partial charge in [-0.15, -0.1) is 0 Å². The second-order valence-corrected chi connectivity index (χ2v) is 7.17. The number of nitrogens with zero attached hydrogens (tertiary/aromatic N) is 1. The molecule has 1 aromatic rings. The third-order valence-corrected chi connectivity index (χ3v) is 4.70. The molecule has 1 aromatic carbocycles. The molecule has 0 unspecified atom stereocenters. The minimum atomic E-state index is -0.947. The van der Waals surface area contributed by atoms with Crippen molar-refractivity contribution < 1.29 is 28.9 Å². The first-order chi connectivity index (χ1) is 11.9. The number of nitrogens with one attached hydrogen (secondary N) is 1. The zero-order valence-electron chi connectivity index (χ0n) is 13.7. The molecule has 0 aromatic heterocycles. The fourth-order valence-corrected chi connectivity index (χ4v) is 2.73. The number of aromatic hydroxyl groups is 1. The maximum atomic E-state index is 11.7. The fraction of sp³-hybridized carbons (Fsp3) is 0.467. The average Bonchev–Trinajstić information content (AvgIpc) is 2.59. The Labute approximate surface area is 148 Å². The van der Waals surface area contributed by atoms with Crippen molar-refractivity contribution >= 4 is 28.8 Å². The summed E-state index contributed by atoms with van der Waals surface area (Å²) in [6, 6.07) is 4.91. The van der Waals surface area contributed by atoms with Crippen molar-refractivity contribution in [2.24, 2.45) is 0 Å². The predicted octanol–water partition coefficient (Wildman–Crippen LogP) is 2.21. The number of amides is 1. The molecule has 1 rings (SSSR count). The SMILES string of the molecule is CCN(CC(=O)O)Cc1cc(CCC(=O)NC(P=O)P=O)ccc1O. The van der Waals surface area contributed by atoms with Gasteiger partial charge in [0.15, 0.2) is 22.4 Å². The van der Waals surface area contributed by atoms with E-state index in [9.17, 15) is 23.8 Å². The van der Waals surface area contributed by atoms with Crippen LogP contribution in [0, 0.1) is 0 Å². The highest BCUT2D eigenvalue weighted by Crippen LogP contribution is 2.21. The number of aliphatic carboxylic acids is 1. The molecule has 0 aliphatic carbocycles. The van der Waals surface area contributed by atoms with Crippen LogP contribution in [0.1, 0.15) is 24.5 Å². The number of hydrogen-bond donors (Lipinski definition) is 3. The number of benzene rings is 1. The number of carboxylic acid groups (broad SMARTS) is 1.